The maximum atomic E-state index is 10.4. The van der Waals surface area contributed by atoms with E-state index in [1.54, 1.807) is 6.20 Å². The van der Waals surface area contributed by atoms with Crippen LogP contribution in [-0.4, -0.2) is 22.2 Å². The van der Waals surface area contributed by atoms with Crippen LogP contribution >= 0.6 is 0 Å². The molecule has 0 fully saturated rings. The van der Waals surface area contributed by atoms with Crippen molar-refractivity contribution >= 4 is 22.3 Å². The van der Waals surface area contributed by atoms with Gasteiger partial charge in [0.1, 0.15) is 0 Å². The summed E-state index contributed by atoms with van der Waals surface area (Å²) in [6, 6.07) is 7.59. The summed E-state index contributed by atoms with van der Waals surface area (Å²) >= 11 is 0. The Labute approximate surface area is 120 Å². The third-order valence-corrected chi connectivity index (χ3v) is 3.27. The summed E-state index contributed by atoms with van der Waals surface area (Å²) in [7, 11) is 0. The van der Waals surface area contributed by atoms with Crippen molar-refractivity contribution in [2.24, 2.45) is 5.92 Å². The SMILES string of the molecule is CC(C)CC(C)(O)CNc1ccnc2cc(N)ccc12. The lowest BCUT2D eigenvalue weighted by atomic mass is 9.94. The van der Waals surface area contributed by atoms with E-state index in [1.165, 1.54) is 0 Å². The highest BCUT2D eigenvalue weighted by molar-refractivity contribution is 5.92. The largest absolute Gasteiger partial charge is 0.399 e. The molecule has 0 radical (unpaired) electrons. The van der Waals surface area contributed by atoms with Crippen LogP contribution in [0.4, 0.5) is 11.4 Å². The van der Waals surface area contributed by atoms with E-state index in [9.17, 15) is 5.11 Å². The zero-order valence-corrected chi connectivity index (χ0v) is 12.4. The van der Waals surface area contributed by atoms with Gasteiger partial charge in [-0.15, -0.1) is 0 Å². The fourth-order valence-electron chi connectivity index (χ4n) is 2.56. The molecule has 0 aliphatic heterocycles. The number of benzene rings is 1. The van der Waals surface area contributed by atoms with Gasteiger partial charge in [-0.1, -0.05) is 13.8 Å². The van der Waals surface area contributed by atoms with E-state index in [4.69, 9.17) is 5.73 Å². The molecule has 0 spiro atoms. The second kappa shape index (κ2) is 5.67. The molecule has 0 bridgehead atoms. The van der Waals surface area contributed by atoms with Crippen molar-refractivity contribution < 1.29 is 5.11 Å². The summed E-state index contributed by atoms with van der Waals surface area (Å²) in [5.41, 5.74) is 7.58. The Hall–Kier alpha value is -1.81. The van der Waals surface area contributed by atoms with E-state index in [1.807, 2.05) is 31.2 Å². The number of rotatable bonds is 5. The van der Waals surface area contributed by atoms with Gasteiger partial charge in [0.25, 0.3) is 0 Å². The first-order valence-corrected chi connectivity index (χ1v) is 6.98. The number of pyridine rings is 1. The third kappa shape index (κ3) is 3.61. The molecule has 108 valence electrons. The van der Waals surface area contributed by atoms with Crippen molar-refractivity contribution in [3.05, 3.63) is 30.5 Å². The molecule has 0 amide bonds. The van der Waals surface area contributed by atoms with E-state index < -0.39 is 5.60 Å². The summed E-state index contributed by atoms with van der Waals surface area (Å²) < 4.78 is 0. The minimum absolute atomic E-state index is 0.459. The zero-order chi connectivity index (χ0) is 14.8. The molecule has 0 aliphatic rings. The second-order valence-corrected chi connectivity index (χ2v) is 6.08. The molecule has 1 atom stereocenters. The van der Waals surface area contributed by atoms with Crippen LogP contribution in [0.1, 0.15) is 27.2 Å². The predicted molar refractivity (Wildman–Crippen MR) is 84.7 cm³/mol. The fourth-order valence-corrected chi connectivity index (χ4v) is 2.56. The molecule has 1 aromatic heterocycles. The molecule has 0 saturated carbocycles. The van der Waals surface area contributed by atoms with Crippen LogP contribution in [0.5, 0.6) is 0 Å². The normalized spacial score (nSPS) is 14.4. The minimum Gasteiger partial charge on any atom is -0.399 e. The average Bonchev–Trinajstić information content (AvgIpc) is 2.34. The van der Waals surface area contributed by atoms with Gasteiger partial charge in [0.15, 0.2) is 0 Å². The van der Waals surface area contributed by atoms with E-state index >= 15 is 0 Å². The quantitative estimate of drug-likeness (QED) is 0.732. The van der Waals surface area contributed by atoms with E-state index in [-0.39, 0.29) is 0 Å². The average molecular weight is 273 g/mol. The standard InChI is InChI=1S/C16H23N3O/c1-11(2)9-16(3,20)10-19-14-6-7-18-15-8-12(17)4-5-13(14)15/h4-8,11,20H,9-10,17H2,1-3H3,(H,18,19). The minimum atomic E-state index is -0.725. The molecule has 0 aliphatic carbocycles. The van der Waals surface area contributed by atoms with Gasteiger partial charge in [-0.2, -0.15) is 0 Å². The Kier molecular flexibility index (Phi) is 4.14. The van der Waals surface area contributed by atoms with Crippen LogP contribution < -0.4 is 11.1 Å². The highest BCUT2D eigenvalue weighted by Crippen LogP contribution is 2.24. The van der Waals surface area contributed by atoms with Gasteiger partial charge in [-0.05, 0) is 43.5 Å². The van der Waals surface area contributed by atoms with Crippen molar-refractivity contribution in [2.75, 3.05) is 17.6 Å². The number of aromatic nitrogens is 1. The number of nitrogens with zero attached hydrogens (tertiary/aromatic N) is 1. The molecule has 1 unspecified atom stereocenters. The molecule has 1 aromatic carbocycles. The van der Waals surface area contributed by atoms with Crippen LogP contribution in [0.15, 0.2) is 30.5 Å². The third-order valence-electron chi connectivity index (χ3n) is 3.27. The molecule has 20 heavy (non-hydrogen) atoms. The van der Waals surface area contributed by atoms with Crippen LogP contribution in [0.25, 0.3) is 10.9 Å². The van der Waals surface area contributed by atoms with Gasteiger partial charge in [-0.3, -0.25) is 4.98 Å². The van der Waals surface area contributed by atoms with Gasteiger partial charge < -0.3 is 16.2 Å². The Bertz CT molecular complexity index is 593. The molecule has 4 nitrogen and oxygen atoms in total. The van der Waals surface area contributed by atoms with Gasteiger partial charge in [-0.25, -0.2) is 0 Å². The summed E-state index contributed by atoms with van der Waals surface area (Å²) in [5, 5.41) is 14.7. The molecule has 4 heteroatoms. The van der Waals surface area contributed by atoms with Gasteiger partial charge in [0.05, 0.1) is 11.1 Å². The van der Waals surface area contributed by atoms with Gasteiger partial charge in [0, 0.05) is 29.5 Å². The number of nitrogens with two attached hydrogens (primary N) is 1. The summed E-state index contributed by atoms with van der Waals surface area (Å²) in [6.45, 7) is 6.59. The Balaban J connectivity index is 2.18. The number of anilines is 2. The van der Waals surface area contributed by atoms with Gasteiger partial charge in [0.2, 0.25) is 0 Å². The smallest absolute Gasteiger partial charge is 0.0793 e. The van der Waals surface area contributed by atoms with Gasteiger partial charge >= 0.3 is 0 Å². The number of fused-ring (bicyclic) bond motifs is 1. The summed E-state index contributed by atoms with van der Waals surface area (Å²) in [4.78, 5) is 4.31. The molecular weight excluding hydrogens is 250 g/mol. The predicted octanol–water partition coefficient (Wildman–Crippen LogP) is 3.03. The lowest BCUT2D eigenvalue weighted by molar-refractivity contribution is 0.0516. The fraction of sp³-hybridized carbons (Fsp3) is 0.438. The van der Waals surface area contributed by atoms with Crippen molar-refractivity contribution in [1.82, 2.24) is 4.98 Å². The van der Waals surface area contributed by atoms with Crippen LogP contribution in [-0.2, 0) is 0 Å². The lowest BCUT2D eigenvalue weighted by Crippen LogP contribution is -2.34. The van der Waals surface area contributed by atoms with Crippen LogP contribution in [0.2, 0.25) is 0 Å². The number of nitrogen functional groups attached to an aromatic ring is 1. The van der Waals surface area contributed by atoms with Crippen molar-refractivity contribution in [3.63, 3.8) is 0 Å². The molecule has 2 aromatic rings. The molecule has 2 rings (SSSR count). The monoisotopic (exact) mass is 273 g/mol. The molecular formula is C16H23N3O. The topological polar surface area (TPSA) is 71.2 Å². The van der Waals surface area contributed by atoms with E-state index in [0.717, 1.165) is 23.0 Å². The first-order valence-electron chi connectivity index (χ1n) is 6.98. The molecule has 1 heterocycles. The maximum absolute atomic E-state index is 10.4. The number of aliphatic hydroxyl groups is 1. The Morgan fingerprint density at radius 3 is 2.80 bits per heavy atom. The van der Waals surface area contributed by atoms with Crippen molar-refractivity contribution in [1.29, 1.82) is 0 Å². The zero-order valence-electron chi connectivity index (χ0n) is 12.4. The van der Waals surface area contributed by atoms with Crippen molar-refractivity contribution in [3.8, 4) is 0 Å². The van der Waals surface area contributed by atoms with E-state index in [0.29, 0.717) is 18.2 Å². The number of hydrogen-bond acceptors (Lipinski definition) is 4. The maximum Gasteiger partial charge on any atom is 0.0793 e. The lowest BCUT2D eigenvalue weighted by Gasteiger charge is -2.26. The van der Waals surface area contributed by atoms with Crippen LogP contribution in [0.3, 0.4) is 0 Å². The molecule has 0 saturated heterocycles. The second-order valence-electron chi connectivity index (χ2n) is 6.08. The first-order chi connectivity index (χ1) is 9.37. The Morgan fingerprint density at radius 1 is 1.35 bits per heavy atom. The highest BCUT2D eigenvalue weighted by Gasteiger charge is 2.21. The molecule has 4 N–H and O–H groups in total. The first kappa shape index (κ1) is 14.6. The van der Waals surface area contributed by atoms with E-state index in [2.05, 4.69) is 24.1 Å². The van der Waals surface area contributed by atoms with Crippen LogP contribution in [0, 0.1) is 5.92 Å². The summed E-state index contributed by atoms with van der Waals surface area (Å²) in [6.07, 6.45) is 2.51. The van der Waals surface area contributed by atoms with Crippen molar-refractivity contribution in [2.45, 2.75) is 32.8 Å². The highest BCUT2D eigenvalue weighted by atomic mass is 16.3. The number of nitrogens with one attached hydrogen (secondary N) is 1. The number of hydrogen-bond donors (Lipinski definition) is 3. The Morgan fingerprint density at radius 2 is 2.10 bits per heavy atom. The summed E-state index contributed by atoms with van der Waals surface area (Å²) in [5.74, 6) is 0.459.